The molecule has 0 aromatic heterocycles. The molecule has 0 radical (unpaired) electrons. The molecule has 0 aliphatic heterocycles. The highest BCUT2D eigenvalue weighted by atomic mass is 15.1. The summed E-state index contributed by atoms with van der Waals surface area (Å²) < 4.78 is 0. The number of likely N-dealkylation sites (N-methyl/N-ethyl adjacent to an activating group) is 1. The Hall–Kier alpha value is -0.860. The van der Waals surface area contributed by atoms with E-state index in [2.05, 4.69) is 69.2 Å². The highest BCUT2D eigenvalue weighted by molar-refractivity contribution is 5.25. The zero-order valence-corrected chi connectivity index (χ0v) is 14.7. The summed E-state index contributed by atoms with van der Waals surface area (Å²) in [6, 6.07) is 9.56. The minimum absolute atomic E-state index is 0.435. The molecule has 0 heterocycles. The van der Waals surface area contributed by atoms with Crippen LogP contribution in [0.25, 0.3) is 0 Å². The van der Waals surface area contributed by atoms with E-state index in [0.29, 0.717) is 6.04 Å². The van der Waals surface area contributed by atoms with E-state index in [1.54, 1.807) is 0 Å². The van der Waals surface area contributed by atoms with Gasteiger partial charge in [0.15, 0.2) is 0 Å². The van der Waals surface area contributed by atoms with Crippen LogP contribution in [-0.2, 0) is 6.42 Å². The third-order valence-corrected chi connectivity index (χ3v) is 4.25. The number of hydrogen-bond donors (Lipinski definition) is 1. The molecule has 1 rings (SSSR count). The van der Waals surface area contributed by atoms with Crippen LogP contribution in [0.4, 0.5) is 0 Å². The Balaban J connectivity index is 2.69. The van der Waals surface area contributed by atoms with Gasteiger partial charge in [-0.3, -0.25) is 0 Å². The molecule has 2 unspecified atom stereocenters. The van der Waals surface area contributed by atoms with Crippen LogP contribution in [-0.4, -0.2) is 31.6 Å². The van der Waals surface area contributed by atoms with Crippen LogP contribution in [0.2, 0.25) is 0 Å². The van der Waals surface area contributed by atoms with Gasteiger partial charge in [-0.2, -0.15) is 0 Å². The van der Waals surface area contributed by atoms with Gasteiger partial charge in [-0.15, -0.1) is 0 Å². The number of hydrogen-bond acceptors (Lipinski definition) is 2. The first-order valence-corrected chi connectivity index (χ1v) is 8.61. The van der Waals surface area contributed by atoms with Crippen LogP contribution in [0, 0.1) is 5.92 Å². The van der Waals surface area contributed by atoms with Gasteiger partial charge in [0.1, 0.15) is 0 Å². The second-order valence-corrected chi connectivity index (χ2v) is 6.34. The van der Waals surface area contributed by atoms with Gasteiger partial charge in [0.05, 0.1) is 0 Å². The van der Waals surface area contributed by atoms with E-state index >= 15 is 0 Å². The lowest BCUT2D eigenvalue weighted by molar-refractivity contribution is 0.252. The molecule has 1 aromatic carbocycles. The van der Waals surface area contributed by atoms with E-state index in [9.17, 15) is 0 Å². The maximum Gasteiger partial charge on any atom is 0.0449 e. The summed E-state index contributed by atoms with van der Waals surface area (Å²) in [5, 5.41) is 3.70. The zero-order chi connectivity index (χ0) is 15.7. The van der Waals surface area contributed by atoms with Crippen LogP contribution in [0.1, 0.15) is 57.7 Å². The van der Waals surface area contributed by atoms with Crippen molar-refractivity contribution >= 4 is 0 Å². The van der Waals surface area contributed by atoms with Gasteiger partial charge in [0.25, 0.3) is 0 Å². The summed E-state index contributed by atoms with van der Waals surface area (Å²) in [6.07, 6.45) is 3.54. The molecule has 0 aliphatic carbocycles. The van der Waals surface area contributed by atoms with Crippen LogP contribution in [0.5, 0.6) is 0 Å². The van der Waals surface area contributed by atoms with Gasteiger partial charge in [-0.25, -0.2) is 0 Å². The molecule has 0 spiro atoms. The highest BCUT2D eigenvalue weighted by Gasteiger charge is 2.14. The van der Waals surface area contributed by atoms with Crippen molar-refractivity contribution in [1.29, 1.82) is 0 Å². The lowest BCUT2D eigenvalue weighted by Gasteiger charge is -2.27. The Morgan fingerprint density at radius 1 is 1.05 bits per heavy atom. The normalized spacial score (nSPS) is 14.4. The zero-order valence-electron chi connectivity index (χ0n) is 14.7. The van der Waals surface area contributed by atoms with Gasteiger partial charge in [-0.1, -0.05) is 58.4 Å². The van der Waals surface area contributed by atoms with Crippen LogP contribution in [0.15, 0.2) is 24.3 Å². The van der Waals surface area contributed by atoms with Gasteiger partial charge in [0, 0.05) is 19.1 Å². The lowest BCUT2D eigenvalue weighted by Crippen LogP contribution is -2.35. The molecule has 2 atom stereocenters. The molecule has 0 saturated carbocycles. The molecule has 0 bridgehead atoms. The minimum Gasteiger partial charge on any atom is -0.309 e. The van der Waals surface area contributed by atoms with E-state index in [1.165, 1.54) is 30.5 Å². The maximum atomic E-state index is 3.70. The summed E-state index contributed by atoms with van der Waals surface area (Å²) in [4.78, 5) is 2.47. The van der Waals surface area contributed by atoms with E-state index < -0.39 is 0 Å². The molecule has 0 aliphatic rings. The summed E-state index contributed by atoms with van der Waals surface area (Å²) in [5.41, 5.74) is 2.83. The Bertz CT molecular complexity index is 372. The number of benzene rings is 1. The molecule has 2 nitrogen and oxygen atoms in total. The van der Waals surface area contributed by atoms with E-state index in [1.807, 2.05) is 0 Å². The van der Waals surface area contributed by atoms with Crippen molar-refractivity contribution in [1.82, 2.24) is 10.2 Å². The molecule has 1 aromatic rings. The number of rotatable bonds is 10. The SMILES string of the molecule is CCCNC(CN(C)CC(C)CC)c1ccc(CC)cc1. The fourth-order valence-electron chi connectivity index (χ4n) is 2.64. The van der Waals surface area contributed by atoms with Gasteiger partial charge in [0.2, 0.25) is 0 Å². The minimum atomic E-state index is 0.435. The predicted molar refractivity (Wildman–Crippen MR) is 93.8 cm³/mol. The summed E-state index contributed by atoms with van der Waals surface area (Å²) >= 11 is 0. The van der Waals surface area contributed by atoms with Gasteiger partial charge < -0.3 is 10.2 Å². The van der Waals surface area contributed by atoms with Crippen LogP contribution < -0.4 is 5.32 Å². The van der Waals surface area contributed by atoms with Crippen molar-refractivity contribution in [3.05, 3.63) is 35.4 Å². The van der Waals surface area contributed by atoms with Crippen molar-refractivity contribution in [3.63, 3.8) is 0 Å². The third kappa shape index (κ3) is 6.62. The first kappa shape index (κ1) is 18.2. The molecule has 0 saturated heterocycles. The predicted octanol–water partition coefficient (Wildman–Crippen LogP) is 4.27. The molecule has 120 valence electrons. The molecular formula is C19H34N2. The van der Waals surface area contributed by atoms with Gasteiger partial charge in [-0.05, 0) is 43.5 Å². The van der Waals surface area contributed by atoms with E-state index in [-0.39, 0.29) is 0 Å². The Morgan fingerprint density at radius 3 is 2.24 bits per heavy atom. The Labute approximate surface area is 131 Å². The number of nitrogens with one attached hydrogen (secondary N) is 1. The van der Waals surface area contributed by atoms with Crippen LogP contribution in [0.3, 0.4) is 0 Å². The quantitative estimate of drug-likeness (QED) is 0.692. The molecule has 0 amide bonds. The second kappa shape index (κ2) is 9.97. The largest absolute Gasteiger partial charge is 0.309 e. The monoisotopic (exact) mass is 290 g/mol. The number of nitrogens with zero attached hydrogens (tertiary/aromatic N) is 1. The van der Waals surface area contributed by atoms with Crippen molar-refractivity contribution in [2.75, 3.05) is 26.7 Å². The maximum absolute atomic E-state index is 3.70. The van der Waals surface area contributed by atoms with Gasteiger partial charge >= 0.3 is 0 Å². The smallest absolute Gasteiger partial charge is 0.0449 e. The fraction of sp³-hybridized carbons (Fsp3) is 0.684. The second-order valence-electron chi connectivity index (χ2n) is 6.34. The fourth-order valence-corrected chi connectivity index (χ4v) is 2.64. The average molecular weight is 290 g/mol. The van der Waals surface area contributed by atoms with Crippen molar-refractivity contribution in [3.8, 4) is 0 Å². The molecule has 1 N–H and O–H groups in total. The van der Waals surface area contributed by atoms with Crippen molar-refractivity contribution < 1.29 is 0 Å². The molecule has 21 heavy (non-hydrogen) atoms. The summed E-state index contributed by atoms with van der Waals surface area (Å²) in [5.74, 6) is 0.768. The highest BCUT2D eigenvalue weighted by Crippen LogP contribution is 2.16. The lowest BCUT2D eigenvalue weighted by atomic mass is 10.0. The molecule has 2 heteroatoms. The Kier molecular flexibility index (Phi) is 8.63. The summed E-state index contributed by atoms with van der Waals surface area (Å²) in [6.45, 7) is 12.4. The first-order chi connectivity index (χ1) is 10.1. The standard InChI is InChI=1S/C19H34N2/c1-6-13-20-19(15-21(5)14-16(4)7-2)18-11-9-17(8-3)10-12-18/h9-12,16,19-20H,6-8,13-15H2,1-5H3. The third-order valence-electron chi connectivity index (χ3n) is 4.25. The van der Waals surface area contributed by atoms with E-state index in [0.717, 1.165) is 25.4 Å². The molecular weight excluding hydrogens is 256 g/mol. The Morgan fingerprint density at radius 2 is 1.71 bits per heavy atom. The van der Waals surface area contributed by atoms with Crippen LogP contribution >= 0.6 is 0 Å². The summed E-state index contributed by atoms with van der Waals surface area (Å²) in [7, 11) is 2.24. The van der Waals surface area contributed by atoms with Crippen molar-refractivity contribution in [2.45, 2.75) is 53.0 Å². The average Bonchev–Trinajstić information content (AvgIpc) is 2.51. The van der Waals surface area contributed by atoms with Crippen molar-refractivity contribution in [2.24, 2.45) is 5.92 Å². The first-order valence-electron chi connectivity index (χ1n) is 8.61. The van der Waals surface area contributed by atoms with E-state index in [4.69, 9.17) is 0 Å². The number of aryl methyl sites for hydroxylation is 1. The molecule has 0 fully saturated rings. The topological polar surface area (TPSA) is 15.3 Å².